The van der Waals surface area contributed by atoms with Crippen molar-refractivity contribution in [1.29, 1.82) is 0 Å². The van der Waals surface area contributed by atoms with E-state index in [1.54, 1.807) is 7.11 Å². The maximum absolute atomic E-state index is 6.07. The molecule has 0 N–H and O–H groups in total. The fourth-order valence-electron chi connectivity index (χ4n) is 2.39. The summed E-state index contributed by atoms with van der Waals surface area (Å²) in [5, 5.41) is 0. The summed E-state index contributed by atoms with van der Waals surface area (Å²) < 4.78 is 17.0. The molecule has 2 aromatic rings. The highest BCUT2D eigenvalue weighted by Gasteiger charge is 2.25. The van der Waals surface area contributed by atoms with E-state index in [0.29, 0.717) is 6.61 Å². The van der Waals surface area contributed by atoms with Crippen molar-refractivity contribution in [3.8, 4) is 5.75 Å². The van der Waals surface area contributed by atoms with E-state index in [2.05, 4.69) is 12.1 Å². The average Bonchev–Trinajstić information content (AvgIpc) is 2.56. The third-order valence-electron chi connectivity index (χ3n) is 3.50. The summed E-state index contributed by atoms with van der Waals surface area (Å²) in [6, 6.07) is 18.1. The molecule has 3 nitrogen and oxygen atoms in total. The van der Waals surface area contributed by atoms with Crippen molar-refractivity contribution in [3.63, 3.8) is 0 Å². The molecule has 0 spiro atoms. The zero-order valence-corrected chi connectivity index (χ0v) is 11.5. The lowest BCUT2D eigenvalue weighted by Gasteiger charge is -2.30. The Balaban J connectivity index is 1.74. The van der Waals surface area contributed by atoms with Crippen LogP contribution in [0.2, 0.25) is 0 Å². The third-order valence-corrected chi connectivity index (χ3v) is 3.50. The van der Waals surface area contributed by atoms with Crippen LogP contribution in [-0.2, 0) is 9.47 Å². The number of hydrogen-bond acceptors (Lipinski definition) is 3. The number of hydrogen-bond donors (Lipinski definition) is 0. The minimum absolute atomic E-state index is 0.0945. The molecule has 0 aromatic heterocycles. The first-order valence-corrected chi connectivity index (χ1v) is 6.83. The van der Waals surface area contributed by atoms with Gasteiger partial charge in [-0.15, -0.1) is 0 Å². The van der Waals surface area contributed by atoms with Crippen molar-refractivity contribution in [2.45, 2.75) is 18.8 Å². The van der Waals surface area contributed by atoms with Gasteiger partial charge in [0.25, 0.3) is 0 Å². The molecule has 20 heavy (non-hydrogen) atoms. The van der Waals surface area contributed by atoms with Crippen molar-refractivity contribution in [3.05, 3.63) is 65.7 Å². The zero-order chi connectivity index (χ0) is 13.8. The van der Waals surface area contributed by atoms with Gasteiger partial charge in [0.2, 0.25) is 0 Å². The van der Waals surface area contributed by atoms with Gasteiger partial charge in [0.1, 0.15) is 5.75 Å². The van der Waals surface area contributed by atoms with Gasteiger partial charge in [0, 0.05) is 12.0 Å². The van der Waals surface area contributed by atoms with Gasteiger partial charge in [-0.1, -0.05) is 42.5 Å². The van der Waals surface area contributed by atoms with E-state index in [4.69, 9.17) is 14.2 Å². The summed E-state index contributed by atoms with van der Waals surface area (Å²) in [5.41, 5.74) is 2.22. The van der Waals surface area contributed by atoms with Gasteiger partial charge in [-0.2, -0.15) is 0 Å². The second-order valence-corrected chi connectivity index (χ2v) is 4.80. The minimum Gasteiger partial charge on any atom is -0.497 e. The van der Waals surface area contributed by atoms with E-state index in [0.717, 1.165) is 17.7 Å². The molecular formula is C17H18O3. The predicted molar refractivity (Wildman–Crippen MR) is 76.6 cm³/mol. The summed E-state index contributed by atoms with van der Waals surface area (Å²) in [4.78, 5) is 0. The normalized spacial score (nSPS) is 22.4. The van der Waals surface area contributed by atoms with Crippen LogP contribution in [-0.4, -0.2) is 13.7 Å². The van der Waals surface area contributed by atoms with E-state index in [1.807, 2.05) is 42.5 Å². The Morgan fingerprint density at radius 3 is 2.40 bits per heavy atom. The summed E-state index contributed by atoms with van der Waals surface area (Å²) in [7, 11) is 1.66. The first-order chi connectivity index (χ1) is 9.86. The van der Waals surface area contributed by atoms with Gasteiger partial charge in [0.05, 0.1) is 19.8 Å². The molecule has 2 aromatic carbocycles. The lowest BCUT2D eigenvalue weighted by Crippen LogP contribution is -2.21. The van der Waals surface area contributed by atoms with Crippen LogP contribution in [0.15, 0.2) is 54.6 Å². The van der Waals surface area contributed by atoms with Crippen LogP contribution in [0.4, 0.5) is 0 Å². The zero-order valence-electron chi connectivity index (χ0n) is 11.5. The maximum atomic E-state index is 6.07. The molecule has 2 unspecified atom stereocenters. The molecule has 0 radical (unpaired) electrons. The quantitative estimate of drug-likeness (QED) is 0.847. The number of benzene rings is 2. The molecule has 3 heteroatoms. The van der Waals surface area contributed by atoms with Crippen molar-refractivity contribution >= 4 is 0 Å². The molecule has 0 saturated carbocycles. The van der Waals surface area contributed by atoms with E-state index in [9.17, 15) is 0 Å². The van der Waals surface area contributed by atoms with Crippen molar-refractivity contribution < 1.29 is 14.2 Å². The Labute approximate surface area is 119 Å². The lowest BCUT2D eigenvalue weighted by atomic mass is 10.1. The summed E-state index contributed by atoms with van der Waals surface area (Å²) in [6.45, 7) is 0.705. The Morgan fingerprint density at radius 1 is 0.950 bits per heavy atom. The fraction of sp³-hybridized carbons (Fsp3) is 0.294. The second-order valence-electron chi connectivity index (χ2n) is 4.80. The van der Waals surface area contributed by atoms with Crippen molar-refractivity contribution in [2.75, 3.05) is 13.7 Å². The Hall–Kier alpha value is -1.84. The topological polar surface area (TPSA) is 27.7 Å². The highest BCUT2D eigenvalue weighted by molar-refractivity contribution is 5.28. The molecule has 1 saturated heterocycles. The predicted octanol–water partition coefficient (Wildman–Crippen LogP) is 3.87. The number of rotatable bonds is 3. The van der Waals surface area contributed by atoms with Gasteiger partial charge < -0.3 is 14.2 Å². The van der Waals surface area contributed by atoms with Gasteiger partial charge in [-0.3, -0.25) is 0 Å². The first-order valence-electron chi connectivity index (χ1n) is 6.83. The molecule has 3 rings (SSSR count). The largest absolute Gasteiger partial charge is 0.497 e. The first kappa shape index (κ1) is 13.2. The Morgan fingerprint density at radius 2 is 1.70 bits per heavy atom. The smallest absolute Gasteiger partial charge is 0.184 e. The molecule has 2 atom stereocenters. The van der Waals surface area contributed by atoms with Gasteiger partial charge >= 0.3 is 0 Å². The number of methoxy groups -OCH3 is 1. The molecule has 0 aliphatic carbocycles. The number of ether oxygens (including phenoxy) is 3. The van der Waals surface area contributed by atoms with Gasteiger partial charge in [-0.05, 0) is 17.7 Å². The molecule has 0 bridgehead atoms. The van der Waals surface area contributed by atoms with Crippen LogP contribution in [0.1, 0.15) is 29.9 Å². The highest BCUT2D eigenvalue weighted by atomic mass is 16.7. The lowest BCUT2D eigenvalue weighted by molar-refractivity contribution is -0.219. The molecular weight excluding hydrogens is 252 g/mol. The van der Waals surface area contributed by atoms with Crippen LogP contribution in [0.25, 0.3) is 0 Å². The van der Waals surface area contributed by atoms with Crippen LogP contribution < -0.4 is 4.74 Å². The fourth-order valence-corrected chi connectivity index (χ4v) is 2.39. The van der Waals surface area contributed by atoms with Gasteiger partial charge in [0.15, 0.2) is 6.29 Å². The molecule has 1 fully saturated rings. The Bertz CT molecular complexity index is 536. The molecule has 1 aliphatic heterocycles. The maximum Gasteiger partial charge on any atom is 0.184 e. The molecule has 0 amide bonds. The van der Waals surface area contributed by atoms with Crippen LogP contribution in [0.5, 0.6) is 5.75 Å². The van der Waals surface area contributed by atoms with Crippen molar-refractivity contribution in [2.24, 2.45) is 0 Å². The van der Waals surface area contributed by atoms with E-state index in [1.165, 1.54) is 5.56 Å². The highest BCUT2D eigenvalue weighted by Crippen LogP contribution is 2.34. The van der Waals surface area contributed by atoms with E-state index < -0.39 is 0 Å². The SMILES string of the molecule is COc1ccc(C2OCCC(c3ccccc3)O2)cc1. The van der Waals surface area contributed by atoms with Crippen LogP contribution >= 0.6 is 0 Å². The summed E-state index contributed by atoms with van der Waals surface area (Å²) >= 11 is 0. The average molecular weight is 270 g/mol. The summed E-state index contributed by atoms with van der Waals surface area (Å²) in [5.74, 6) is 0.837. The Kier molecular flexibility index (Phi) is 4.00. The van der Waals surface area contributed by atoms with E-state index >= 15 is 0 Å². The monoisotopic (exact) mass is 270 g/mol. The van der Waals surface area contributed by atoms with E-state index in [-0.39, 0.29) is 12.4 Å². The van der Waals surface area contributed by atoms with Gasteiger partial charge in [-0.25, -0.2) is 0 Å². The van der Waals surface area contributed by atoms with Crippen LogP contribution in [0, 0.1) is 0 Å². The van der Waals surface area contributed by atoms with Crippen molar-refractivity contribution in [1.82, 2.24) is 0 Å². The second kappa shape index (κ2) is 6.07. The molecule has 1 heterocycles. The molecule has 104 valence electrons. The standard InChI is InChI=1S/C17H18O3/c1-18-15-9-7-14(8-10-15)17-19-12-11-16(20-17)13-5-3-2-4-6-13/h2-10,16-17H,11-12H2,1H3. The van der Waals surface area contributed by atoms with Crippen LogP contribution in [0.3, 0.4) is 0 Å². The minimum atomic E-state index is -0.306. The summed E-state index contributed by atoms with van der Waals surface area (Å²) in [6.07, 6.45) is 0.674. The molecule has 1 aliphatic rings. The third kappa shape index (κ3) is 2.84.